The average molecular weight is 526 g/mol. The molecule has 0 saturated carbocycles. The summed E-state index contributed by atoms with van der Waals surface area (Å²) < 4.78 is 17.0. The van der Waals surface area contributed by atoms with Gasteiger partial charge in [-0.3, -0.25) is 9.59 Å². The van der Waals surface area contributed by atoms with Crippen LogP contribution in [0, 0.1) is 0 Å². The molecule has 0 aliphatic rings. The number of aromatic carboxylic acids is 1. The van der Waals surface area contributed by atoms with Crippen molar-refractivity contribution >= 4 is 22.9 Å². The van der Waals surface area contributed by atoms with E-state index in [-0.39, 0.29) is 40.0 Å². The van der Waals surface area contributed by atoms with Crippen molar-refractivity contribution in [3.05, 3.63) is 106 Å². The number of furan rings is 1. The van der Waals surface area contributed by atoms with Crippen molar-refractivity contribution in [2.24, 2.45) is 0 Å². The van der Waals surface area contributed by atoms with Gasteiger partial charge >= 0.3 is 11.9 Å². The van der Waals surface area contributed by atoms with Gasteiger partial charge < -0.3 is 28.9 Å². The molecule has 1 atom stereocenters. The fourth-order valence-electron chi connectivity index (χ4n) is 4.47. The highest BCUT2D eigenvalue weighted by atomic mass is 16.5. The van der Waals surface area contributed by atoms with E-state index in [4.69, 9.17) is 18.7 Å². The van der Waals surface area contributed by atoms with E-state index in [9.17, 15) is 24.6 Å². The van der Waals surface area contributed by atoms with Crippen LogP contribution in [-0.2, 0) is 9.53 Å². The molecule has 0 saturated heterocycles. The van der Waals surface area contributed by atoms with Crippen molar-refractivity contribution in [3.8, 4) is 34.1 Å². The molecule has 0 amide bonds. The topological polar surface area (TPSA) is 147 Å². The molecule has 196 valence electrons. The molecular weight excluding hydrogens is 504 g/mol. The SMILES string of the molecule is COC(=O)CC(c1ccc(-c2ccc(C(=O)O)cc2)o1)c1c(O)cc(O)c2c(=O)cc(-c3ccccc3)oc12. The molecule has 5 aromatic rings. The molecule has 0 spiro atoms. The standard InChI is InChI=1S/C30H22O9/c1-37-26(34)13-19(24-12-11-23(38-24)17-7-9-18(10-8-17)30(35)36)27-20(31)14-21(32)28-22(33)15-25(39-29(27)28)16-5-3-2-4-6-16/h2-12,14-15,19,31-32H,13H2,1H3,(H,35,36). The Morgan fingerprint density at radius 3 is 2.21 bits per heavy atom. The summed E-state index contributed by atoms with van der Waals surface area (Å²) in [5, 5.41) is 30.5. The Labute approximate surface area is 221 Å². The molecular formula is C30H22O9. The summed E-state index contributed by atoms with van der Waals surface area (Å²) in [5.74, 6) is -2.71. The van der Waals surface area contributed by atoms with Crippen molar-refractivity contribution in [3.63, 3.8) is 0 Å². The fourth-order valence-corrected chi connectivity index (χ4v) is 4.47. The second-order valence-electron chi connectivity index (χ2n) is 8.79. The first-order chi connectivity index (χ1) is 18.8. The van der Waals surface area contributed by atoms with Crippen LogP contribution < -0.4 is 5.43 Å². The molecule has 0 aliphatic heterocycles. The number of methoxy groups -OCH3 is 1. The smallest absolute Gasteiger partial charge is 0.335 e. The maximum atomic E-state index is 13.1. The average Bonchev–Trinajstić information content (AvgIpc) is 3.42. The Morgan fingerprint density at radius 1 is 0.846 bits per heavy atom. The van der Waals surface area contributed by atoms with Gasteiger partial charge in [0.25, 0.3) is 0 Å². The lowest BCUT2D eigenvalue weighted by atomic mass is 9.90. The Morgan fingerprint density at radius 2 is 1.54 bits per heavy atom. The Bertz CT molecular complexity index is 1750. The third-order valence-electron chi connectivity index (χ3n) is 6.39. The summed E-state index contributed by atoms with van der Waals surface area (Å²) in [6.07, 6.45) is -0.284. The number of fused-ring (bicyclic) bond motifs is 1. The van der Waals surface area contributed by atoms with E-state index in [2.05, 4.69) is 0 Å². The van der Waals surface area contributed by atoms with Crippen molar-refractivity contribution in [2.45, 2.75) is 12.3 Å². The quantitative estimate of drug-likeness (QED) is 0.233. The molecule has 2 heterocycles. The van der Waals surface area contributed by atoms with Crippen LogP contribution in [0.15, 0.2) is 92.5 Å². The lowest BCUT2D eigenvalue weighted by Gasteiger charge is -2.18. The van der Waals surface area contributed by atoms with Gasteiger partial charge in [-0.15, -0.1) is 0 Å². The Hall–Kier alpha value is -5.31. The van der Waals surface area contributed by atoms with Gasteiger partial charge in [0.2, 0.25) is 0 Å². The maximum absolute atomic E-state index is 13.1. The summed E-state index contributed by atoms with van der Waals surface area (Å²) in [7, 11) is 1.22. The fraction of sp³-hybridized carbons (Fsp3) is 0.100. The Kier molecular flexibility index (Phi) is 6.64. The van der Waals surface area contributed by atoms with Gasteiger partial charge in [0.15, 0.2) is 5.43 Å². The second kappa shape index (κ2) is 10.2. The Balaban J connectivity index is 1.70. The van der Waals surface area contributed by atoms with Gasteiger partial charge in [0.1, 0.15) is 39.7 Å². The van der Waals surface area contributed by atoms with Gasteiger partial charge in [-0.05, 0) is 24.3 Å². The number of carboxylic acid groups (broad SMARTS) is 1. The molecule has 2 aromatic heterocycles. The summed E-state index contributed by atoms with van der Waals surface area (Å²) >= 11 is 0. The third kappa shape index (κ3) is 4.85. The van der Waals surface area contributed by atoms with E-state index < -0.39 is 34.8 Å². The largest absolute Gasteiger partial charge is 0.507 e. The zero-order valence-corrected chi connectivity index (χ0v) is 20.6. The van der Waals surface area contributed by atoms with Crippen LogP contribution in [0.3, 0.4) is 0 Å². The molecule has 0 fully saturated rings. The lowest BCUT2D eigenvalue weighted by Crippen LogP contribution is -2.12. The lowest BCUT2D eigenvalue weighted by molar-refractivity contribution is -0.140. The minimum Gasteiger partial charge on any atom is -0.507 e. The molecule has 3 N–H and O–H groups in total. The first kappa shape index (κ1) is 25.3. The van der Waals surface area contributed by atoms with Crippen molar-refractivity contribution in [1.29, 1.82) is 0 Å². The molecule has 39 heavy (non-hydrogen) atoms. The molecule has 9 heteroatoms. The highest BCUT2D eigenvalue weighted by Gasteiger charge is 2.30. The number of hydrogen-bond donors (Lipinski definition) is 3. The number of ether oxygens (including phenoxy) is 1. The van der Waals surface area contributed by atoms with Crippen molar-refractivity contribution in [2.75, 3.05) is 7.11 Å². The second-order valence-corrected chi connectivity index (χ2v) is 8.79. The number of aromatic hydroxyl groups is 2. The van der Waals surface area contributed by atoms with E-state index in [0.29, 0.717) is 16.9 Å². The van der Waals surface area contributed by atoms with Crippen LogP contribution in [0.5, 0.6) is 11.5 Å². The summed E-state index contributed by atoms with van der Waals surface area (Å²) in [6, 6.07) is 20.4. The number of phenols is 2. The van der Waals surface area contributed by atoms with Gasteiger partial charge in [-0.2, -0.15) is 0 Å². The summed E-state index contributed by atoms with van der Waals surface area (Å²) in [5.41, 5.74) is 0.713. The van der Waals surface area contributed by atoms with Gasteiger partial charge in [-0.1, -0.05) is 42.5 Å². The molecule has 0 radical (unpaired) electrons. The number of carboxylic acids is 1. The number of esters is 1. The highest BCUT2D eigenvalue weighted by molar-refractivity contribution is 5.91. The normalized spacial score (nSPS) is 11.8. The van der Waals surface area contributed by atoms with E-state index in [1.54, 1.807) is 48.5 Å². The van der Waals surface area contributed by atoms with E-state index in [0.717, 1.165) is 6.07 Å². The maximum Gasteiger partial charge on any atom is 0.335 e. The van der Waals surface area contributed by atoms with Crippen molar-refractivity contribution in [1.82, 2.24) is 0 Å². The van der Waals surface area contributed by atoms with Crippen LogP contribution in [0.1, 0.15) is 34.0 Å². The summed E-state index contributed by atoms with van der Waals surface area (Å²) in [4.78, 5) is 36.8. The number of carbonyl (C=O) groups excluding carboxylic acids is 1. The zero-order valence-electron chi connectivity index (χ0n) is 20.6. The van der Waals surface area contributed by atoms with Crippen LogP contribution in [-0.4, -0.2) is 34.4 Å². The predicted molar refractivity (Wildman–Crippen MR) is 141 cm³/mol. The zero-order chi connectivity index (χ0) is 27.7. The van der Waals surface area contributed by atoms with Crippen LogP contribution >= 0.6 is 0 Å². The molecule has 0 aliphatic carbocycles. The van der Waals surface area contributed by atoms with E-state index in [1.165, 1.54) is 25.3 Å². The van der Waals surface area contributed by atoms with Crippen LogP contribution in [0.25, 0.3) is 33.6 Å². The van der Waals surface area contributed by atoms with Gasteiger partial charge in [-0.25, -0.2) is 4.79 Å². The first-order valence-corrected chi connectivity index (χ1v) is 11.8. The van der Waals surface area contributed by atoms with Gasteiger partial charge in [0, 0.05) is 28.8 Å². The minimum absolute atomic E-state index is 0.0604. The van der Waals surface area contributed by atoms with Gasteiger partial charge in [0.05, 0.1) is 25.0 Å². The number of carbonyl (C=O) groups is 2. The predicted octanol–water partition coefficient (Wildman–Crippen LogP) is 5.52. The number of rotatable bonds is 7. The molecule has 0 bridgehead atoms. The number of phenolic OH excluding ortho intramolecular Hbond substituents is 2. The third-order valence-corrected chi connectivity index (χ3v) is 6.39. The first-order valence-electron chi connectivity index (χ1n) is 11.8. The minimum atomic E-state index is -1.06. The number of hydrogen-bond acceptors (Lipinski definition) is 8. The monoisotopic (exact) mass is 526 g/mol. The number of benzene rings is 3. The van der Waals surface area contributed by atoms with Crippen LogP contribution in [0.2, 0.25) is 0 Å². The summed E-state index contributed by atoms with van der Waals surface area (Å²) in [6.45, 7) is 0. The van der Waals surface area contributed by atoms with E-state index in [1.807, 2.05) is 6.07 Å². The molecule has 9 nitrogen and oxygen atoms in total. The van der Waals surface area contributed by atoms with Crippen LogP contribution in [0.4, 0.5) is 0 Å². The van der Waals surface area contributed by atoms with Crippen molar-refractivity contribution < 1.29 is 38.5 Å². The molecule has 1 unspecified atom stereocenters. The van der Waals surface area contributed by atoms with E-state index >= 15 is 0 Å². The molecule has 5 rings (SSSR count). The highest BCUT2D eigenvalue weighted by Crippen LogP contribution is 2.44. The molecule has 3 aromatic carbocycles.